The maximum Gasteiger partial charge on any atom is 0.134 e. The lowest BCUT2D eigenvalue weighted by molar-refractivity contribution is 0.559. The van der Waals surface area contributed by atoms with E-state index < -0.39 is 0 Å². The third-order valence-electron chi connectivity index (χ3n) is 3.35. The minimum absolute atomic E-state index is 0.578. The number of rotatable bonds is 2. The Morgan fingerprint density at radius 3 is 2.44 bits per heavy atom. The summed E-state index contributed by atoms with van der Waals surface area (Å²) < 4.78 is 0. The number of hydrogen-bond acceptors (Lipinski definition) is 3. The normalized spacial score (nSPS) is 18.1. The van der Waals surface area contributed by atoms with Gasteiger partial charge in [-0.2, -0.15) is 0 Å². The smallest absolute Gasteiger partial charge is 0.134 e. The lowest BCUT2D eigenvalue weighted by atomic mass is 9.99. The first kappa shape index (κ1) is 11.4. The maximum atomic E-state index is 4.60. The monoisotopic (exact) mass is 219 g/mol. The van der Waals surface area contributed by atoms with E-state index in [-0.39, 0.29) is 0 Å². The second-order valence-corrected chi connectivity index (χ2v) is 4.69. The first-order valence-electron chi connectivity index (χ1n) is 6.33. The molecule has 0 saturated heterocycles. The van der Waals surface area contributed by atoms with Crippen LogP contribution in [0.1, 0.15) is 56.0 Å². The number of aryl methyl sites for hydroxylation is 1. The minimum atomic E-state index is 0.578. The third-order valence-corrected chi connectivity index (χ3v) is 3.35. The van der Waals surface area contributed by atoms with Gasteiger partial charge >= 0.3 is 0 Å². The first-order valence-corrected chi connectivity index (χ1v) is 6.33. The Morgan fingerprint density at radius 1 is 1.12 bits per heavy atom. The lowest BCUT2D eigenvalue weighted by Gasteiger charge is -2.14. The molecule has 0 amide bonds. The van der Waals surface area contributed by atoms with Crippen LogP contribution < -0.4 is 5.32 Å². The van der Waals surface area contributed by atoms with Crippen LogP contribution in [0.15, 0.2) is 6.07 Å². The summed E-state index contributed by atoms with van der Waals surface area (Å²) in [5.41, 5.74) is 1.07. The number of anilines is 1. The Bertz CT molecular complexity index is 341. The van der Waals surface area contributed by atoms with E-state index in [9.17, 15) is 0 Å². The molecule has 0 aliphatic heterocycles. The van der Waals surface area contributed by atoms with Crippen molar-refractivity contribution in [2.45, 2.75) is 51.4 Å². The zero-order chi connectivity index (χ0) is 11.4. The highest BCUT2D eigenvalue weighted by atomic mass is 15.0. The van der Waals surface area contributed by atoms with Gasteiger partial charge in [-0.05, 0) is 19.8 Å². The zero-order valence-corrected chi connectivity index (χ0v) is 10.3. The molecule has 0 bridgehead atoms. The molecular weight excluding hydrogens is 198 g/mol. The first-order chi connectivity index (χ1) is 7.79. The average Bonchev–Trinajstić information content (AvgIpc) is 2.56. The fraction of sp³-hybridized carbons (Fsp3) is 0.692. The Hall–Kier alpha value is -1.12. The summed E-state index contributed by atoms with van der Waals surface area (Å²) in [7, 11) is 1.92. The summed E-state index contributed by atoms with van der Waals surface area (Å²) in [5, 5.41) is 3.11. The van der Waals surface area contributed by atoms with Crippen LogP contribution >= 0.6 is 0 Å². The largest absolute Gasteiger partial charge is 0.373 e. The van der Waals surface area contributed by atoms with E-state index in [4.69, 9.17) is 0 Å². The van der Waals surface area contributed by atoms with Crippen LogP contribution in [0.2, 0.25) is 0 Å². The van der Waals surface area contributed by atoms with Gasteiger partial charge < -0.3 is 5.32 Å². The van der Waals surface area contributed by atoms with E-state index in [1.54, 1.807) is 0 Å². The van der Waals surface area contributed by atoms with Gasteiger partial charge in [-0.1, -0.05) is 25.7 Å². The molecule has 1 aliphatic carbocycles. The Balaban J connectivity index is 2.20. The molecule has 2 rings (SSSR count). The van der Waals surface area contributed by atoms with Gasteiger partial charge in [0, 0.05) is 24.7 Å². The van der Waals surface area contributed by atoms with Crippen molar-refractivity contribution in [2.75, 3.05) is 12.4 Å². The van der Waals surface area contributed by atoms with E-state index in [0.717, 1.165) is 17.3 Å². The van der Waals surface area contributed by atoms with Crippen molar-refractivity contribution in [2.24, 2.45) is 0 Å². The van der Waals surface area contributed by atoms with Gasteiger partial charge in [-0.15, -0.1) is 0 Å². The van der Waals surface area contributed by atoms with E-state index >= 15 is 0 Å². The molecule has 1 aromatic heterocycles. The lowest BCUT2D eigenvalue weighted by Crippen LogP contribution is -2.07. The molecule has 0 spiro atoms. The quantitative estimate of drug-likeness (QED) is 0.776. The SMILES string of the molecule is CNc1cc(C)nc(C2CCCCCC2)n1. The van der Waals surface area contributed by atoms with E-state index in [1.165, 1.54) is 38.5 Å². The van der Waals surface area contributed by atoms with Gasteiger partial charge in [0.2, 0.25) is 0 Å². The molecule has 1 heterocycles. The Morgan fingerprint density at radius 2 is 1.81 bits per heavy atom. The molecule has 0 radical (unpaired) electrons. The maximum absolute atomic E-state index is 4.60. The molecule has 1 aromatic rings. The third kappa shape index (κ3) is 2.71. The van der Waals surface area contributed by atoms with Crippen LogP contribution in [0.25, 0.3) is 0 Å². The van der Waals surface area contributed by atoms with Crippen molar-refractivity contribution in [3.05, 3.63) is 17.6 Å². The highest BCUT2D eigenvalue weighted by molar-refractivity contribution is 5.35. The minimum Gasteiger partial charge on any atom is -0.373 e. The summed E-state index contributed by atoms with van der Waals surface area (Å²) in [5.74, 6) is 2.58. The molecular formula is C13H21N3. The van der Waals surface area contributed by atoms with Crippen LogP contribution in [0, 0.1) is 6.92 Å². The molecule has 16 heavy (non-hydrogen) atoms. The van der Waals surface area contributed by atoms with Crippen LogP contribution in [-0.2, 0) is 0 Å². The van der Waals surface area contributed by atoms with Gasteiger partial charge in [0.1, 0.15) is 11.6 Å². The number of nitrogens with zero attached hydrogens (tertiary/aromatic N) is 2. The van der Waals surface area contributed by atoms with Gasteiger partial charge in [-0.3, -0.25) is 0 Å². The van der Waals surface area contributed by atoms with Crippen molar-refractivity contribution >= 4 is 5.82 Å². The molecule has 1 fully saturated rings. The molecule has 1 aliphatic rings. The Kier molecular flexibility index (Phi) is 3.75. The van der Waals surface area contributed by atoms with Crippen molar-refractivity contribution < 1.29 is 0 Å². The zero-order valence-electron chi connectivity index (χ0n) is 10.3. The summed E-state index contributed by atoms with van der Waals surface area (Å²) in [6.45, 7) is 2.04. The van der Waals surface area contributed by atoms with Crippen LogP contribution in [0.4, 0.5) is 5.82 Å². The fourth-order valence-corrected chi connectivity index (χ4v) is 2.44. The number of aromatic nitrogens is 2. The summed E-state index contributed by atoms with van der Waals surface area (Å²) in [6, 6.07) is 2.00. The second kappa shape index (κ2) is 5.28. The molecule has 0 aromatic carbocycles. The Labute approximate surface area is 97.7 Å². The van der Waals surface area contributed by atoms with Crippen molar-refractivity contribution in [1.82, 2.24) is 9.97 Å². The van der Waals surface area contributed by atoms with Crippen LogP contribution in [-0.4, -0.2) is 17.0 Å². The predicted molar refractivity (Wildman–Crippen MR) is 66.8 cm³/mol. The summed E-state index contributed by atoms with van der Waals surface area (Å²) in [4.78, 5) is 9.19. The van der Waals surface area contributed by atoms with Gasteiger partial charge in [-0.25, -0.2) is 9.97 Å². The van der Waals surface area contributed by atoms with Crippen molar-refractivity contribution in [3.8, 4) is 0 Å². The molecule has 3 heteroatoms. The molecule has 3 nitrogen and oxygen atoms in total. The van der Waals surface area contributed by atoms with Crippen molar-refractivity contribution in [1.29, 1.82) is 0 Å². The standard InChI is InChI=1S/C13H21N3/c1-10-9-12(14-2)16-13(15-10)11-7-5-3-4-6-8-11/h9,11H,3-8H2,1-2H3,(H,14,15,16). The predicted octanol–water partition coefficient (Wildman–Crippen LogP) is 3.26. The van der Waals surface area contributed by atoms with E-state index in [1.807, 2.05) is 20.0 Å². The fourth-order valence-electron chi connectivity index (χ4n) is 2.44. The molecule has 0 atom stereocenters. The van der Waals surface area contributed by atoms with E-state index in [2.05, 4.69) is 15.3 Å². The summed E-state index contributed by atoms with van der Waals surface area (Å²) >= 11 is 0. The highest BCUT2D eigenvalue weighted by Gasteiger charge is 2.17. The van der Waals surface area contributed by atoms with E-state index in [0.29, 0.717) is 5.92 Å². The molecule has 1 saturated carbocycles. The molecule has 0 unspecified atom stereocenters. The molecule has 88 valence electrons. The number of hydrogen-bond donors (Lipinski definition) is 1. The second-order valence-electron chi connectivity index (χ2n) is 4.69. The molecule has 1 N–H and O–H groups in total. The highest BCUT2D eigenvalue weighted by Crippen LogP contribution is 2.30. The van der Waals surface area contributed by atoms with Crippen LogP contribution in [0.3, 0.4) is 0 Å². The summed E-state index contributed by atoms with van der Waals surface area (Å²) in [6.07, 6.45) is 7.93. The van der Waals surface area contributed by atoms with Crippen molar-refractivity contribution in [3.63, 3.8) is 0 Å². The van der Waals surface area contributed by atoms with Gasteiger partial charge in [0.05, 0.1) is 0 Å². The van der Waals surface area contributed by atoms with Gasteiger partial charge in [0.15, 0.2) is 0 Å². The average molecular weight is 219 g/mol. The van der Waals surface area contributed by atoms with Gasteiger partial charge in [0.25, 0.3) is 0 Å². The topological polar surface area (TPSA) is 37.8 Å². The van der Waals surface area contributed by atoms with Crippen LogP contribution in [0.5, 0.6) is 0 Å². The number of nitrogens with one attached hydrogen (secondary N) is 1.